The van der Waals surface area contributed by atoms with Crippen molar-refractivity contribution in [3.63, 3.8) is 0 Å². The molecule has 0 aromatic heterocycles. The summed E-state index contributed by atoms with van der Waals surface area (Å²) in [4.78, 5) is 22.2. The fraction of sp³-hybridized carbons (Fsp3) is 0.455. The molecule has 2 unspecified atom stereocenters. The van der Waals surface area contributed by atoms with Crippen LogP contribution < -0.4 is 5.32 Å². The van der Waals surface area contributed by atoms with Crippen molar-refractivity contribution >= 4 is 11.9 Å². The zero-order chi connectivity index (χ0) is 12.6. The molecule has 5 heteroatoms. The van der Waals surface area contributed by atoms with Gasteiger partial charge in [-0.15, -0.1) is 0 Å². The third-order valence-corrected chi connectivity index (χ3v) is 2.75. The summed E-state index contributed by atoms with van der Waals surface area (Å²) >= 11 is 0. The molecule has 0 bridgehead atoms. The molecule has 0 fully saturated rings. The van der Waals surface area contributed by atoms with E-state index in [1.165, 1.54) is 26.0 Å². The Hall–Kier alpha value is -1.62. The number of nitrogens with one attached hydrogen (secondary N) is 1. The maximum atomic E-state index is 11.1. The Morgan fingerprint density at radius 3 is 2.38 bits per heavy atom. The van der Waals surface area contributed by atoms with Crippen LogP contribution in [-0.2, 0) is 9.59 Å². The second-order valence-electron chi connectivity index (χ2n) is 4.37. The summed E-state index contributed by atoms with van der Waals surface area (Å²) in [5.74, 6) is -2.19. The van der Waals surface area contributed by atoms with Crippen LogP contribution in [0.15, 0.2) is 24.3 Å². The first-order chi connectivity index (χ1) is 7.23. The van der Waals surface area contributed by atoms with Crippen LogP contribution in [0.25, 0.3) is 0 Å². The van der Waals surface area contributed by atoms with Crippen LogP contribution in [0.2, 0.25) is 0 Å². The number of hydrogen-bond acceptors (Lipinski definition) is 3. The molecule has 0 spiro atoms. The Bertz CT molecular complexity index is 387. The molecule has 0 aromatic rings. The summed E-state index contributed by atoms with van der Waals surface area (Å²) in [6.45, 7) is 6.45. The highest BCUT2D eigenvalue weighted by molar-refractivity contribution is 5.86. The van der Waals surface area contributed by atoms with Gasteiger partial charge in [0.1, 0.15) is 11.1 Å². The summed E-state index contributed by atoms with van der Waals surface area (Å²) in [6.07, 6.45) is 3.20. The molecule has 1 rings (SSSR count). The van der Waals surface area contributed by atoms with Crippen LogP contribution in [0.3, 0.4) is 0 Å². The number of allylic oxidation sites excluding steroid dienone is 1. The van der Waals surface area contributed by atoms with Gasteiger partial charge in [0, 0.05) is 6.42 Å². The fourth-order valence-electron chi connectivity index (χ4n) is 1.86. The van der Waals surface area contributed by atoms with E-state index in [2.05, 4.69) is 11.9 Å². The van der Waals surface area contributed by atoms with E-state index in [9.17, 15) is 9.59 Å². The first-order valence-corrected chi connectivity index (χ1v) is 4.84. The van der Waals surface area contributed by atoms with Crippen molar-refractivity contribution in [3.8, 4) is 0 Å². The molecule has 3 N–H and O–H groups in total. The molecule has 0 aromatic carbocycles. The monoisotopic (exact) mass is 225 g/mol. The Morgan fingerprint density at radius 2 is 2.00 bits per heavy atom. The Labute approximate surface area is 93.5 Å². The van der Waals surface area contributed by atoms with Crippen molar-refractivity contribution in [2.75, 3.05) is 0 Å². The molecular weight excluding hydrogens is 210 g/mol. The van der Waals surface area contributed by atoms with Gasteiger partial charge in [-0.25, -0.2) is 4.79 Å². The molecule has 0 radical (unpaired) electrons. The van der Waals surface area contributed by atoms with E-state index in [4.69, 9.17) is 10.2 Å². The molecule has 1 aliphatic rings. The highest BCUT2D eigenvalue weighted by Crippen LogP contribution is 2.29. The van der Waals surface area contributed by atoms with Gasteiger partial charge >= 0.3 is 11.9 Å². The van der Waals surface area contributed by atoms with Gasteiger partial charge in [-0.3, -0.25) is 10.1 Å². The van der Waals surface area contributed by atoms with Gasteiger partial charge in [-0.05, 0) is 19.4 Å². The normalized spacial score (nSPS) is 34.0. The second-order valence-corrected chi connectivity index (χ2v) is 4.37. The average Bonchev–Trinajstić information content (AvgIpc) is 2.16. The topological polar surface area (TPSA) is 86.6 Å². The van der Waals surface area contributed by atoms with E-state index in [-0.39, 0.29) is 6.42 Å². The fourth-order valence-corrected chi connectivity index (χ4v) is 1.86. The van der Waals surface area contributed by atoms with E-state index in [0.717, 1.165) is 0 Å². The van der Waals surface area contributed by atoms with Gasteiger partial charge in [0.2, 0.25) is 0 Å². The number of carbonyl (C=O) groups is 2. The van der Waals surface area contributed by atoms with Gasteiger partial charge < -0.3 is 10.2 Å². The minimum Gasteiger partial charge on any atom is -0.480 e. The van der Waals surface area contributed by atoms with E-state index in [0.29, 0.717) is 5.57 Å². The molecule has 16 heavy (non-hydrogen) atoms. The summed E-state index contributed by atoms with van der Waals surface area (Å²) in [6, 6.07) is 0. The smallest absolute Gasteiger partial charge is 0.327 e. The van der Waals surface area contributed by atoms with E-state index >= 15 is 0 Å². The lowest BCUT2D eigenvalue weighted by atomic mass is 9.81. The van der Waals surface area contributed by atoms with E-state index < -0.39 is 23.0 Å². The van der Waals surface area contributed by atoms with Crippen LogP contribution in [0.5, 0.6) is 0 Å². The largest absolute Gasteiger partial charge is 0.480 e. The molecular formula is C11H15NO4. The van der Waals surface area contributed by atoms with Crippen molar-refractivity contribution in [1.29, 1.82) is 0 Å². The Morgan fingerprint density at radius 1 is 1.44 bits per heavy atom. The zero-order valence-electron chi connectivity index (χ0n) is 9.28. The lowest BCUT2D eigenvalue weighted by Crippen LogP contribution is -2.64. The molecule has 0 amide bonds. The van der Waals surface area contributed by atoms with Gasteiger partial charge in [-0.2, -0.15) is 0 Å². The minimum absolute atomic E-state index is 0.217. The van der Waals surface area contributed by atoms with Crippen molar-refractivity contribution < 1.29 is 19.8 Å². The lowest BCUT2D eigenvalue weighted by Gasteiger charge is -2.39. The van der Waals surface area contributed by atoms with Gasteiger partial charge in [-0.1, -0.05) is 18.7 Å². The average molecular weight is 225 g/mol. The Kier molecular flexibility index (Phi) is 2.92. The number of aliphatic carboxylic acids is 2. The summed E-state index contributed by atoms with van der Waals surface area (Å²) < 4.78 is 0. The third-order valence-electron chi connectivity index (χ3n) is 2.75. The van der Waals surface area contributed by atoms with Crippen molar-refractivity contribution in [2.45, 2.75) is 31.3 Å². The SMILES string of the molecule is C=CC1=CC(C)(C(=O)O)NC(C)(C(=O)O)C1. The van der Waals surface area contributed by atoms with Crippen LogP contribution in [0.4, 0.5) is 0 Å². The van der Waals surface area contributed by atoms with Crippen molar-refractivity contribution in [1.82, 2.24) is 5.32 Å². The lowest BCUT2D eigenvalue weighted by molar-refractivity contribution is -0.149. The maximum absolute atomic E-state index is 11.1. The van der Waals surface area contributed by atoms with Gasteiger partial charge in [0.25, 0.3) is 0 Å². The second kappa shape index (κ2) is 3.75. The van der Waals surface area contributed by atoms with Crippen LogP contribution in [0, 0.1) is 0 Å². The van der Waals surface area contributed by atoms with Crippen LogP contribution >= 0.6 is 0 Å². The molecule has 0 aliphatic carbocycles. The quantitative estimate of drug-likeness (QED) is 0.660. The Balaban J connectivity index is 3.22. The minimum atomic E-state index is -1.38. The number of carboxylic acid groups (broad SMARTS) is 2. The van der Waals surface area contributed by atoms with Crippen molar-refractivity contribution in [2.24, 2.45) is 0 Å². The molecule has 2 atom stereocenters. The molecule has 0 saturated carbocycles. The van der Waals surface area contributed by atoms with Crippen LogP contribution in [0.1, 0.15) is 20.3 Å². The van der Waals surface area contributed by atoms with E-state index in [1.54, 1.807) is 0 Å². The number of rotatable bonds is 3. The molecule has 0 saturated heterocycles. The molecule has 88 valence electrons. The number of carboxylic acids is 2. The maximum Gasteiger partial charge on any atom is 0.327 e. The standard InChI is InChI=1S/C11H15NO4/c1-4-7-5-10(2,8(13)14)12-11(3,6-7)9(15)16/h4-5,12H,1,6H2,2-3H3,(H,13,14)(H,15,16). The van der Waals surface area contributed by atoms with Gasteiger partial charge in [0.05, 0.1) is 0 Å². The first-order valence-electron chi connectivity index (χ1n) is 4.84. The first kappa shape index (κ1) is 12.4. The summed E-state index contributed by atoms with van der Waals surface area (Å²) in [5, 5.41) is 20.8. The molecule has 5 nitrogen and oxygen atoms in total. The third kappa shape index (κ3) is 1.99. The highest BCUT2D eigenvalue weighted by atomic mass is 16.4. The van der Waals surface area contributed by atoms with Crippen molar-refractivity contribution in [3.05, 3.63) is 24.3 Å². The number of hydrogen-bond donors (Lipinski definition) is 3. The predicted octanol–water partition coefficient (Wildman–Crippen LogP) is 0.779. The molecule has 1 aliphatic heterocycles. The zero-order valence-corrected chi connectivity index (χ0v) is 9.28. The summed E-state index contributed by atoms with van der Waals surface area (Å²) in [5.41, 5.74) is -2.05. The van der Waals surface area contributed by atoms with Crippen LogP contribution in [-0.4, -0.2) is 33.2 Å². The predicted molar refractivity (Wildman–Crippen MR) is 58.1 cm³/mol. The van der Waals surface area contributed by atoms with Gasteiger partial charge in [0.15, 0.2) is 0 Å². The summed E-state index contributed by atoms with van der Waals surface area (Å²) in [7, 11) is 0. The molecule has 1 heterocycles. The van der Waals surface area contributed by atoms with E-state index in [1.807, 2.05) is 0 Å². The highest BCUT2D eigenvalue weighted by Gasteiger charge is 2.46.